The van der Waals surface area contributed by atoms with Gasteiger partial charge in [0.15, 0.2) is 6.10 Å². The van der Waals surface area contributed by atoms with Crippen LogP contribution in [0.25, 0.3) is 0 Å². The summed E-state index contributed by atoms with van der Waals surface area (Å²) >= 11 is 0. The highest BCUT2D eigenvalue weighted by molar-refractivity contribution is 5.97. The molecule has 0 radical (unpaired) electrons. The fourth-order valence-electron chi connectivity index (χ4n) is 2.44. The van der Waals surface area contributed by atoms with Crippen molar-refractivity contribution in [1.29, 1.82) is 0 Å². The molecule has 0 heterocycles. The molecule has 0 bridgehead atoms. The van der Waals surface area contributed by atoms with Crippen molar-refractivity contribution in [3.8, 4) is 0 Å². The summed E-state index contributed by atoms with van der Waals surface area (Å²) in [6, 6.07) is 13.1. The van der Waals surface area contributed by atoms with Gasteiger partial charge in [-0.3, -0.25) is 4.79 Å². The zero-order valence-corrected chi connectivity index (χ0v) is 14.6. The highest BCUT2D eigenvalue weighted by Gasteiger charge is 2.19. The van der Waals surface area contributed by atoms with Crippen molar-refractivity contribution in [2.24, 2.45) is 0 Å². The van der Waals surface area contributed by atoms with Gasteiger partial charge in [-0.25, -0.2) is 4.79 Å². The predicted molar refractivity (Wildman–Crippen MR) is 95.2 cm³/mol. The van der Waals surface area contributed by atoms with E-state index in [2.05, 4.69) is 12.2 Å². The molecule has 2 aromatic rings. The number of aryl methyl sites for hydroxylation is 3. The van der Waals surface area contributed by atoms with E-state index in [1.165, 1.54) is 5.56 Å². The van der Waals surface area contributed by atoms with Crippen LogP contribution in [-0.4, -0.2) is 18.0 Å². The fraction of sp³-hybridized carbons (Fsp3) is 0.300. The number of carbonyl (C=O) groups is 2. The molecule has 0 saturated heterocycles. The van der Waals surface area contributed by atoms with Crippen molar-refractivity contribution >= 4 is 17.6 Å². The maximum Gasteiger partial charge on any atom is 0.338 e. The molecule has 0 aliphatic rings. The number of amides is 1. The maximum absolute atomic E-state index is 12.2. The van der Waals surface area contributed by atoms with Crippen LogP contribution in [-0.2, 0) is 16.0 Å². The minimum absolute atomic E-state index is 0.350. The summed E-state index contributed by atoms with van der Waals surface area (Å²) in [5.41, 5.74) is 4.30. The van der Waals surface area contributed by atoms with Crippen LogP contribution in [0.3, 0.4) is 0 Å². The van der Waals surface area contributed by atoms with E-state index in [0.29, 0.717) is 11.3 Å². The van der Waals surface area contributed by atoms with Gasteiger partial charge in [-0.1, -0.05) is 36.2 Å². The third-order valence-electron chi connectivity index (χ3n) is 3.74. The second kappa shape index (κ2) is 7.77. The number of carbonyl (C=O) groups excluding carboxylic acids is 2. The second-order valence-corrected chi connectivity index (χ2v) is 5.96. The predicted octanol–water partition coefficient (Wildman–Crippen LogP) is 4.05. The third-order valence-corrected chi connectivity index (χ3v) is 3.74. The van der Waals surface area contributed by atoms with E-state index in [0.717, 1.165) is 17.5 Å². The standard InChI is InChI=1S/C20H23NO3/c1-5-16-6-8-18(9-7-16)21-19(22)15(4)24-20(23)17-11-13(2)10-14(3)12-17/h6-12,15H,5H2,1-4H3,(H,21,22)/t15-/m1/s1. The molecule has 0 aliphatic carbocycles. The molecule has 4 heteroatoms. The first-order valence-electron chi connectivity index (χ1n) is 8.08. The van der Waals surface area contributed by atoms with Gasteiger partial charge in [0.25, 0.3) is 5.91 Å². The van der Waals surface area contributed by atoms with Crippen LogP contribution in [0.1, 0.15) is 40.9 Å². The molecule has 0 aromatic heterocycles. The lowest BCUT2D eigenvalue weighted by Gasteiger charge is -2.14. The van der Waals surface area contributed by atoms with Gasteiger partial charge < -0.3 is 10.1 Å². The summed E-state index contributed by atoms with van der Waals surface area (Å²) in [4.78, 5) is 24.4. The van der Waals surface area contributed by atoms with Gasteiger partial charge in [-0.2, -0.15) is 0 Å². The summed E-state index contributed by atoms with van der Waals surface area (Å²) in [7, 11) is 0. The number of hydrogen-bond donors (Lipinski definition) is 1. The third kappa shape index (κ3) is 4.69. The van der Waals surface area contributed by atoms with Crippen molar-refractivity contribution in [3.05, 3.63) is 64.7 Å². The Morgan fingerprint density at radius 2 is 1.62 bits per heavy atom. The van der Waals surface area contributed by atoms with Gasteiger partial charge in [-0.05, 0) is 57.0 Å². The smallest absolute Gasteiger partial charge is 0.338 e. The van der Waals surface area contributed by atoms with Crippen LogP contribution in [0.15, 0.2) is 42.5 Å². The molecule has 2 rings (SSSR count). The average molecular weight is 325 g/mol. The van der Waals surface area contributed by atoms with Crippen LogP contribution in [0.4, 0.5) is 5.69 Å². The van der Waals surface area contributed by atoms with Gasteiger partial charge in [0, 0.05) is 5.69 Å². The number of rotatable bonds is 5. The Hall–Kier alpha value is -2.62. The molecule has 2 aromatic carbocycles. The van der Waals surface area contributed by atoms with Gasteiger partial charge in [0.1, 0.15) is 0 Å². The lowest BCUT2D eigenvalue weighted by molar-refractivity contribution is -0.123. The summed E-state index contributed by atoms with van der Waals surface area (Å²) in [6.07, 6.45) is 0.0715. The van der Waals surface area contributed by atoms with Gasteiger partial charge >= 0.3 is 5.97 Å². The number of nitrogens with one attached hydrogen (secondary N) is 1. The molecule has 1 N–H and O–H groups in total. The first-order valence-corrected chi connectivity index (χ1v) is 8.08. The Balaban J connectivity index is 1.98. The van der Waals surface area contributed by atoms with E-state index in [-0.39, 0.29) is 5.91 Å². The lowest BCUT2D eigenvalue weighted by atomic mass is 10.1. The Labute approximate surface area is 142 Å². The van der Waals surface area contributed by atoms with E-state index in [9.17, 15) is 9.59 Å². The van der Waals surface area contributed by atoms with E-state index >= 15 is 0 Å². The van der Waals surface area contributed by atoms with Crippen LogP contribution in [0, 0.1) is 13.8 Å². The van der Waals surface area contributed by atoms with E-state index in [1.807, 2.05) is 44.2 Å². The topological polar surface area (TPSA) is 55.4 Å². The minimum Gasteiger partial charge on any atom is -0.449 e. The van der Waals surface area contributed by atoms with E-state index in [4.69, 9.17) is 4.74 Å². The molecule has 4 nitrogen and oxygen atoms in total. The summed E-state index contributed by atoms with van der Waals surface area (Å²) in [6.45, 7) is 7.47. The van der Waals surface area contributed by atoms with Gasteiger partial charge in [0.2, 0.25) is 0 Å². The quantitative estimate of drug-likeness (QED) is 0.844. The van der Waals surface area contributed by atoms with Crippen LogP contribution < -0.4 is 5.32 Å². The molecule has 1 atom stereocenters. The fourth-order valence-corrected chi connectivity index (χ4v) is 2.44. The zero-order valence-electron chi connectivity index (χ0n) is 14.6. The van der Waals surface area contributed by atoms with Gasteiger partial charge in [0.05, 0.1) is 5.56 Å². The Bertz CT molecular complexity index is 715. The van der Waals surface area contributed by atoms with Crippen molar-refractivity contribution in [2.75, 3.05) is 5.32 Å². The number of hydrogen-bond acceptors (Lipinski definition) is 3. The molecule has 0 spiro atoms. The molecule has 126 valence electrons. The summed E-state index contributed by atoms with van der Waals surface area (Å²) in [5.74, 6) is -0.845. The largest absolute Gasteiger partial charge is 0.449 e. The van der Waals surface area contributed by atoms with Crippen molar-refractivity contribution in [2.45, 2.75) is 40.2 Å². The molecular formula is C20H23NO3. The summed E-state index contributed by atoms with van der Waals surface area (Å²) in [5, 5.41) is 2.76. The first-order chi connectivity index (χ1) is 11.4. The van der Waals surface area contributed by atoms with Crippen LogP contribution in [0.5, 0.6) is 0 Å². The van der Waals surface area contributed by atoms with Crippen LogP contribution in [0.2, 0.25) is 0 Å². The molecule has 0 aliphatic heterocycles. The Kier molecular flexibility index (Phi) is 5.74. The maximum atomic E-state index is 12.2. The molecule has 0 fully saturated rings. The molecule has 0 unspecified atom stereocenters. The van der Waals surface area contributed by atoms with Gasteiger partial charge in [-0.15, -0.1) is 0 Å². The number of anilines is 1. The zero-order chi connectivity index (χ0) is 17.7. The highest BCUT2D eigenvalue weighted by atomic mass is 16.5. The van der Waals surface area contributed by atoms with E-state index in [1.54, 1.807) is 19.1 Å². The highest BCUT2D eigenvalue weighted by Crippen LogP contribution is 2.13. The molecule has 0 saturated carbocycles. The molecule has 24 heavy (non-hydrogen) atoms. The number of ether oxygens (including phenoxy) is 1. The summed E-state index contributed by atoms with van der Waals surface area (Å²) < 4.78 is 5.27. The van der Waals surface area contributed by atoms with E-state index < -0.39 is 12.1 Å². The van der Waals surface area contributed by atoms with Crippen molar-refractivity contribution in [1.82, 2.24) is 0 Å². The normalized spacial score (nSPS) is 11.7. The number of benzene rings is 2. The first kappa shape index (κ1) is 17.7. The lowest BCUT2D eigenvalue weighted by Crippen LogP contribution is -2.30. The Morgan fingerprint density at radius 3 is 2.17 bits per heavy atom. The van der Waals surface area contributed by atoms with Crippen LogP contribution >= 0.6 is 0 Å². The second-order valence-electron chi connectivity index (χ2n) is 5.96. The van der Waals surface area contributed by atoms with Crippen molar-refractivity contribution < 1.29 is 14.3 Å². The average Bonchev–Trinajstić information content (AvgIpc) is 2.54. The molecule has 1 amide bonds. The minimum atomic E-state index is -0.871. The molecular weight excluding hydrogens is 302 g/mol. The van der Waals surface area contributed by atoms with Crippen molar-refractivity contribution in [3.63, 3.8) is 0 Å². The monoisotopic (exact) mass is 325 g/mol. The SMILES string of the molecule is CCc1ccc(NC(=O)[C@@H](C)OC(=O)c2cc(C)cc(C)c2)cc1. The Morgan fingerprint density at radius 1 is 1.04 bits per heavy atom. The number of esters is 1.